The van der Waals surface area contributed by atoms with Gasteiger partial charge < -0.3 is 4.74 Å². The molecule has 0 saturated carbocycles. The van der Waals surface area contributed by atoms with Gasteiger partial charge in [0.05, 0.1) is 5.70 Å². The molecule has 0 heterocycles. The molecule has 1 unspecified atom stereocenters. The summed E-state index contributed by atoms with van der Waals surface area (Å²) in [5.74, 6) is 0. The van der Waals surface area contributed by atoms with Crippen LogP contribution in [0.1, 0.15) is 44.6 Å². The van der Waals surface area contributed by atoms with Crippen LogP contribution in [-0.2, 0) is 4.74 Å². The van der Waals surface area contributed by atoms with Gasteiger partial charge in [-0.3, -0.25) is 4.99 Å². The highest BCUT2D eigenvalue weighted by Gasteiger charge is 2.28. The van der Waals surface area contributed by atoms with Gasteiger partial charge in [0.15, 0.2) is 5.60 Å². The van der Waals surface area contributed by atoms with E-state index < -0.39 is 5.60 Å². The maximum Gasteiger partial charge on any atom is 0.176 e. The highest BCUT2D eigenvalue weighted by Crippen LogP contribution is 2.25. The van der Waals surface area contributed by atoms with Crippen molar-refractivity contribution in [2.45, 2.75) is 44.6 Å². The van der Waals surface area contributed by atoms with Crippen molar-refractivity contribution in [2.75, 3.05) is 6.61 Å². The second-order valence-electron chi connectivity index (χ2n) is 5.75. The predicted octanol–water partition coefficient (Wildman–Crippen LogP) is 4.81. The Hall–Kier alpha value is -2.18. The Balaban J connectivity index is 1.87. The molecule has 0 amide bonds. The van der Waals surface area contributed by atoms with Crippen LogP contribution in [0.15, 0.2) is 59.2 Å². The van der Waals surface area contributed by atoms with Crippen LogP contribution < -0.4 is 0 Å². The number of allylic oxidation sites excluding steroid dienone is 1. The largest absolute Gasteiger partial charge is 0.356 e. The topological polar surface area (TPSA) is 45.4 Å². The number of nitriles is 1. The lowest BCUT2D eigenvalue weighted by Crippen LogP contribution is -2.29. The molecule has 0 saturated heterocycles. The zero-order valence-corrected chi connectivity index (χ0v) is 13.7. The summed E-state index contributed by atoms with van der Waals surface area (Å²) in [5.41, 5.74) is 1.11. The Morgan fingerprint density at radius 1 is 1.26 bits per heavy atom. The van der Waals surface area contributed by atoms with E-state index in [1.165, 1.54) is 12.8 Å². The zero-order valence-electron chi connectivity index (χ0n) is 13.7. The van der Waals surface area contributed by atoms with Crippen LogP contribution in [0.4, 0.5) is 0 Å². The number of hydrogen-bond acceptors (Lipinski definition) is 3. The van der Waals surface area contributed by atoms with E-state index in [1.807, 2.05) is 54.8 Å². The first-order valence-corrected chi connectivity index (χ1v) is 8.32. The number of aliphatic imine (C=N–C) groups is 1. The minimum atomic E-state index is -0.821. The van der Waals surface area contributed by atoms with Crippen molar-refractivity contribution in [3.05, 3.63) is 59.8 Å². The third-order valence-electron chi connectivity index (χ3n) is 3.85. The van der Waals surface area contributed by atoms with E-state index in [0.717, 1.165) is 24.1 Å². The molecule has 0 radical (unpaired) electrons. The Labute approximate surface area is 139 Å². The molecular formula is C20H24N2O. The fraction of sp³-hybridized carbons (Fsp3) is 0.400. The van der Waals surface area contributed by atoms with Gasteiger partial charge in [-0.1, -0.05) is 62.6 Å². The van der Waals surface area contributed by atoms with E-state index in [-0.39, 0.29) is 0 Å². The Morgan fingerprint density at radius 2 is 2.09 bits per heavy atom. The van der Waals surface area contributed by atoms with Gasteiger partial charge in [-0.25, -0.2) is 0 Å². The summed E-state index contributed by atoms with van der Waals surface area (Å²) < 4.78 is 5.83. The smallest absolute Gasteiger partial charge is 0.176 e. The fourth-order valence-corrected chi connectivity index (χ4v) is 2.40. The van der Waals surface area contributed by atoms with Crippen LogP contribution in [0.2, 0.25) is 0 Å². The Morgan fingerprint density at radius 3 is 2.74 bits per heavy atom. The van der Waals surface area contributed by atoms with Gasteiger partial charge in [0.25, 0.3) is 0 Å². The van der Waals surface area contributed by atoms with Crippen LogP contribution in [0.3, 0.4) is 0 Å². The summed E-state index contributed by atoms with van der Waals surface area (Å²) in [6.45, 7) is 2.82. The van der Waals surface area contributed by atoms with Gasteiger partial charge >= 0.3 is 0 Å². The first-order chi connectivity index (χ1) is 11.3. The third-order valence-corrected chi connectivity index (χ3v) is 3.85. The van der Waals surface area contributed by atoms with E-state index in [9.17, 15) is 5.26 Å². The quantitative estimate of drug-likeness (QED) is 0.511. The molecule has 1 aromatic carbocycles. The number of nitrogens with zero attached hydrogens (tertiary/aromatic N) is 2. The number of benzene rings is 1. The van der Waals surface area contributed by atoms with Gasteiger partial charge in [0, 0.05) is 19.2 Å². The summed E-state index contributed by atoms with van der Waals surface area (Å²) in [4.78, 5) is 4.46. The summed E-state index contributed by atoms with van der Waals surface area (Å²) in [7, 11) is 0. The van der Waals surface area contributed by atoms with Crippen LogP contribution >= 0.6 is 0 Å². The molecule has 0 bridgehead atoms. The molecule has 0 aliphatic heterocycles. The molecule has 120 valence electrons. The van der Waals surface area contributed by atoms with Crippen molar-refractivity contribution >= 4 is 6.21 Å². The molecule has 0 fully saturated rings. The van der Waals surface area contributed by atoms with Crippen LogP contribution in [0, 0.1) is 11.3 Å². The highest BCUT2D eigenvalue weighted by molar-refractivity contribution is 5.80. The maximum absolute atomic E-state index is 9.44. The van der Waals surface area contributed by atoms with Crippen LogP contribution in [-0.4, -0.2) is 18.4 Å². The van der Waals surface area contributed by atoms with Crippen molar-refractivity contribution < 1.29 is 4.74 Å². The molecule has 3 nitrogen and oxygen atoms in total. The summed E-state index contributed by atoms with van der Waals surface area (Å²) in [5, 5.41) is 9.44. The van der Waals surface area contributed by atoms with Crippen molar-refractivity contribution in [3.63, 3.8) is 0 Å². The average Bonchev–Trinajstić information content (AvgIpc) is 2.62. The summed E-state index contributed by atoms with van der Waals surface area (Å²) in [6.07, 6.45) is 12.7. The van der Waals surface area contributed by atoms with Gasteiger partial charge in [0.2, 0.25) is 0 Å². The third kappa shape index (κ3) is 5.50. The molecular weight excluding hydrogens is 284 g/mol. The van der Waals surface area contributed by atoms with E-state index in [1.54, 1.807) is 0 Å². The molecule has 1 aromatic rings. The molecule has 0 spiro atoms. The number of unbranched alkanes of at least 4 members (excludes halogenated alkanes) is 3. The molecule has 0 N–H and O–H groups in total. The molecule has 1 aliphatic carbocycles. The molecule has 1 aliphatic rings. The van der Waals surface area contributed by atoms with E-state index in [0.29, 0.717) is 13.0 Å². The standard InChI is InChI=1S/C20H24N2O/c1-2-3-4-8-15-23-20(17-21)13-11-19(12-14-20)22-16-18-9-6-5-7-10-18/h5-7,9-13,16H,2-4,8,14-15H2,1H3. The normalized spacial score (nSPS) is 20.4. The zero-order chi connectivity index (χ0) is 16.4. The number of rotatable bonds is 8. The molecule has 2 rings (SSSR count). The van der Waals surface area contributed by atoms with Crippen LogP contribution in [0.5, 0.6) is 0 Å². The lowest BCUT2D eigenvalue weighted by molar-refractivity contribution is 0.0319. The number of ether oxygens (including phenoxy) is 1. The monoisotopic (exact) mass is 308 g/mol. The van der Waals surface area contributed by atoms with E-state index in [4.69, 9.17) is 4.74 Å². The Kier molecular flexibility index (Phi) is 6.77. The maximum atomic E-state index is 9.44. The second kappa shape index (κ2) is 9.07. The molecule has 0 aromatic heterocycles. The van der Waals surface area contributed by atoms with Gasteiger partial charge in [-0.2, -0.15) is 5.26 Å². The van der Waals surface area contributed by atoms with E-state index in [2.05, 4.69) is 18.0 Å². The highest BCUT2D eigenvalue weighted by atomic mass is 16.5. The summed E-state index contributed by atoms with van der Waals surface area (Å²) >= 11 is 0. The number of hydrogen-bond donors (Lipinski definition) is 0. The predicted molar refractivity (Wildman–Crippen MR) is 94.3 cm³/mol. The lowest BCUT2D eigenvalue weighted by atomic mass is 9.95. The second-order valence-corrected chi connectivity index (χ2v) is 5.75. The van der Waals surface area contributed by atoms with Gasteiger partial charge in [-0.05, 0) is 24.1 Å². The lowest BCUT2D eigenvalue weighted by Gasteiger charge is -2.24. The van der Waals surface area contributed by atoms with Crippen molar-refractivity contribution in [1.82, 2.24) is 0 Å². The summed E-state index contributed by atoms with van der Waals surface area (Å²) in [6, 6.07) is 12.3. The minimum Gasteiger partial charge on any atom is -0.356 e. The van der Waals surface area contributed by atoms with Crippen molar-refractivity contribution in [1.29, 1.82) is 5.26 Å². The van der Waals surface area contributed by atoms with Gasteiger partial charge in [0.1, 0.15) is 6.07 Å². The first kappa shape index (κ1) is 17.2. The van der Waals surface area contributed by atoms with E-state index >= 15 is 0 Å². The van der Waals surface area contributed by atoms with Crippen LogP contribution in [0.25, 0.3) is 0 Å². The Bertz CT molecular complexity index is 610. The van der Waals surface area contributed by atoms with Crippen molar-refractivity contribution in [3.8, 4) is 6.07 Å². The first-order valence-electron chi connectivity index (χ1n) is 8.32. The molecule has 3 heteroatoms. The average molecular weight is 308 g/mol. The molecule has 23 heavy (non-hydrogen) atoms. The minimum absolute atomic E-state index is 0.551. The van der Waals surface area contributed by atoms with Gasteiger partial charge in [-0.15, -0.1) is 0 Å². The molecule has 1 atom stereocenters. The fourth-order valence-electron chi connectivity index (χ4n) is 2.40. The van der Waals surface area contributed by atoms with Crippen molar-refractivity contribution in [2.24, 2.45) is 4.99 Å². The SMILES string of the molecule is CCCCCCOC1(C#N)C=CC(N=Cc2ccccc2)=CC1.